The van der Waals surface area contributed by atoms with Gasteiger partial charge in [-0.05, 0) is 56.0 Å². The van der Waals surface area contributed by atoms with Crippen LogP contribution >= 0.6 is 0 Å². The molecule has 0 aromatic rings. The third-order valence-electron chi connectivity index (χ3n) is 4.51. The molecule has 2 atom stereocenters. The summed E-state index contributed by atoms with van der Waals surface area (Å²) in [5.41, 5.74) is 13.3. The fourth-order valence-electron chi connectivity index (χ4n) is 3.28. The van der Waals surface area contributed by atoms with Crippen molar-refractivity contribution in [3.05, 3.63) is 10.4 Å². The number of primary amides is 1. The molecule has 3 N–H and O–H groups in total. The zero-order valence-corrected chi connectivity index (χ0v) is 11.3. The van der Waals surface area contributed by atoms with E-state index in [9.17, 15) is 4.79 Å². The fourth-order valence-corrected chi connectivity index (χ4v) is 3.28. The lowest BCUT2D eigenvalue weighted by atomic mass is 9.73. The molecule has 0 bridgehead atoms. The molecule has 2 rings (SSSR count). The zero-order valence-electron chi connectivity index (χ0n) is 11.3. The SMILES string of the molecule is [N-]=[N+]=NCCCNC1(C(N)=O)CCCC(C2CC2)C1. The topological polar surface area (TPSA) is 104 Å². The van der Waals surface area contributed by atoms with Gasteiger partial charge in [0.25, 0.3) is 0 Å². The van der Waals surface area contributed by atoms with Gasteiger partial charge in [-0.1, -0.05) is 18.0 Å². The first-order chi connectivity index (χ1) is 9.18. The molecule has 0 radical (unpaired) electrons. The molecule has 0 aromatic carbocycles. The van der Waals surface area contributed by atoms with E-state index in [1.807, 2.05) is 0 Å². The van der Waals surface area contributed by atoms with Gasteiger partial charge in [-0.3, -0.25) is 4.79 Å². The molecule has 0 heterocycles. The molecule has 0 aromatic heterocycles. The van der Waals surface area contributed by atoms with E-state index in [0.29, 0.717) is 19.0 Å². The Morgan fingerprint density at radius 2 is 2.21 bits per heavy atom. The van der Waals surface area contributed by atoms with E-state index < -0.39 is 5.54 Å². The first kappa shape index (κ1) is 14.2. The van der Waals surface area contributed by atoms with E-state index in [1.165, 1.54) is 19.3 Å². The third kappa shape index (κ3) is 3.61. The Hall–Kier alpha value is -1.26. The van der Waals surface area contributed by atoms with Crippen molar-refractivity contribution in [2.24, 2.45) is 22.7 Å². The molecule has 1 amide bonds. The van der Waals surface area contributed by atoms with Crippen molar-refractivity contribution >= 4 is 5.91 Å². The lowest BCUT2D eigenvalue weighted by molar-refractivity contribution is -0.126. The fraction of sp³-hybridized carbons (Fsp3) is 0.923. The van der Waals surface area contributed by atoms with Crippen molar-refractivity contribution in [2.45, 2.75) is 50.5 Å². The Kier molecular flexibility index (Phi) is 4.66. The van der Waals surface area contributed by atoms with Crippen LogP contribution in [0.1, 0.15) is 44.9 Å². The molecule has 2 aliphatic carbocycles. The van der Waals surface area contributed by atoms with Crippen LogP contribution in [-0.2, 0) is 4.79 Å². The van der Waals surface area contributed by atoms with Crippen molar-refractivity contribution in [3.8, 4) is 0 Å². The van der Waals surface area contributed by atoms with Gasteiger partial charge in [-0.2, -0.15) is 0 Å². The minimum atomic E-state index is -0.526. The Bertz CT molecular complexity index is 375. The Labute approximate surface area is 113 Å². The number of carbonyl (C=O) groups is 1. The number of azide groups is 1. The highest BCUT2D eigenvalue weighted by atomic mass is 16.1. The lowest BCUT2D eigenvalue weighted by Crippen LogP contribution is -2.58. The summed E-state index contributed by atoms with van der Waals surface area (Å²) in [5, 5.41) is 6.85. The van der Waals surface area contributed by atoms with Gasteiger partial charge >= 0.3 is 0 Å². The third-order valence-corrected chi connectivity index (χ3v) is 4.51. The van der Waals surface area contributed by atoms with Crippen LogP contribution in [0.2, 0.25) is 0 Å². The van der Waals surface area contributed by atoms with E-state index in [2.05, 4.69) is 15.3 Å². The number of hydrogen-bond acceptors (Lipinski definition) is 3. The molecular weight excluding hydrogens is 242 g/mol. The van der Waals surface area contributed by atoms with Crippen LogP contribution in [0.15, 0.2) is 5.11 Å². The molecule has 6 nitrogen and oxygen atoms in total. The van der Waals surface area contributed by atoms with Crippen LogP contribution in [0.4, 0.5) is 0 Å². The van der Waals surface area contributed by atoms with E-state index in [0.717, 1.165) is 31.6 Å². The maximum Gasteiger partial charge on any atom is 0.237 e. The number of hydrogen-bond donors (Lipinski definition) is 2. The molecule has 2 aliphatic rings. The minimum Gasteiger partial charge on any atom is -0.368 e. The van der Waals surface area contributed by atoms with Gasteiger partial charge in [0.1, 0.15) is 0 Å². The smallest absolute Gasteiger partial charge is 0.237 e. The summed E-state index contributed by atoms with van der Waals surface area (Å²) < 4.78 is 0. The molecule has 6 heteroatoms. The average molecular weight is 265 g/mol. The van der Waals surface area contributed by atoms with Crippen LogP contribution in [0.5, 0.6) is 0 Å². The summed E-state index contributed by atoms with van der Waals surface area (Å²) in [7, 11) is 0. The molecule has 2 saturated carbocycles. The predicted octanol–water partition coefficient (Wildman–Crippen LogP) is 2.10. The Balaban J connectivity index is 1.88. The van der Waals surface area contributed by atoms with Gasteiger partial charge in [-0.15, -0.1) is 0 Å². The maximum atomic E-state index is 11.9. The van der Waals surface area contributed by atoms with E-state index in [1.54, 1.807) is 0 Å². The number of rotatable bonds is 7. The summed E-state index contributed by atoms with van der Waals surface area (Å²) >= 11 is 0. The number of carbonyl (C=O) groups excluding carboxylic acids is 1. The molecule has 0 spiro atoms. The van der Waals surface area contributed by atoms with E-state index in [-0.39, 0.29) is 5.91 Å². The summed E-state index contributed by atoms with van der Waals surface area (Å²) in [6.45, 7) is 1.14. The summed E-state index contributed by atoms with van der Waals surface area (Å²) in [4.78, 5) is 14.6. The standard InChI is InChI=1S/C13H23N5O/c14-12(19)13(16-7-2-8-17-18-15)6-1-3-11(9-13)10-4-5-10/h10-11,16H,1-9H2,(H2,14,19). The van der Waals surface area contributed by atoms with Gasteiger partial charge in [0, 0.05) is 11.5 Å². The van der Waals surface area contributed by atoms with Gasteiger partial charge in [0.15, 0.2) is 0 Å². The van der Waals surface area contributed by atoms with E-state index in [4.69, 9.17) is 11.3 Å². The van der Waals surface area contributed by atoms with Crippen molar-refractivity contribution < 1.29 is 4.79 Å². The number of nitrogens with zero attached hydrogens (tertiary/aromatic N) is 3. The first-order valence-corrected chi connectivity index (χ1v) is 7.24. The molecule has 19 heavy (non-hydrogen) atoms. The Morgan fingerprint density at radius 3 is 2.84 bits per heavy atom. The molecular formula is C13H23N5O. The second-order valence-electron chi connectivity index (χ2n) is 5.88. The quantitative estimate of drug-likeness (QED) is 0.318. The highest BCUT2D eigenvalue weighted by molar-refractivity contribution is 5.84. The van der Waals surface area contributed by atoms with Gasteiger partial charge < -0.3 is 11.1 Å². The molecule has 0 aliphatic heterocycles. The van der Waals surface area contributed by atoms with E-state index >= 15 is 0 Å². The van der Waals surface area contributed by atoms with Gasteiger partial charge in [-0.25, -0.2) is 0 Å². The number of nitrogens with two attached hydrogens (primary N) is 1. The van der Waals surface area contributed by atoms with Crippen molar-refractivity contribution in [1.29, 1.82) is 0 Å². The summed E-state index contributed by atoms with van der Waals surface area (Å²) in [6.07, 6.45) is 7.41. The van der Waals surface area contributed by atoms with Crippen molar-refractivity contribution in [2.75, 3.05) is 13.1 Å². The predicted molar refractivity (Wildman–Crippen MR) is 73.2 cm³/mol. The van der Waals surface area contributed by atoms with Gasteiger partial charge in [0.05, 0.1) is 5.54 Å². The number of amides is 1. The lowest BCUT2D eigenvalue weighted by Gasteiger charge is -2.39. The highest BCUT2D eigenvalue weighted by Gasteiger charge is 2.45. The van der Waals surface area contributed by atoms with Crippen molar-refractivity contribution in [3.63, 3.8) is 0 Å². The van der Waals surface area contributed by atoms with Crippen LogP contribution in [0.25, 0.3) is 10.4 Å². The molecule has 0 saturated heterocycles. The zero-order chi connectivity index (χ0) is 13.7. The maximum absolute atomic E-state index is 11.9. The molecule has 106 valence electrons. The highest BCUT2D eigenvalue weighted by Crippen LogP contribution is 2.46. The molecule has 2 fully saturated rings. The van der Waals surface area contributed by atoms with Crippen LogP contribution in [0.3, 0.4) is 0 Å². The van der Waals surface area contributed by atoms with Crippen LogP contribution in [-0.4, -0.2) is 24.5 Å². The molecule has 2 unspecified atom stereocenters. The minimum absolute atomic E-state index is 0.221. The monoisotopic (exact) mass is 265 g/mol. The first-order valence-electron chi connectivity index (χ1n) is 7.24. The average Bonchev–Trinajstić information content (AvgIpc) is 3.23. The van der Waals surface area contributed by atoms with Crippen LogP contribution < -0.4 is 11.1 Å². The van der Waals surface area contributed by atoms with Crippen LogP contribution in [0, 0.1) is 11.8 Å². The Morgan fingerprint density at radius 1 is 1.42 bits per heavy atom. The van der Waals surface area contributed by atoms with Gasteiger partial charge in [0.2, 0.25) is 5.91 Å². The largest absolute Gasteiger partial charge is 0.368 e. The normalized spacial score (nSPS) is 30.6. The summed E-state index contributed by atoms with van der Waals surface area (Å²) in [5.74, 6) is 1.26. The second-order valence-corrected chi connectivity index (χ2v) is 5.88. The summed E-state index contributed by atoms with van der Waals surface area (Å²) in [6, 6.07) is 0. The second kappa shape index (κ2) is 6.26. The van der Waals surface area contributed by atoms with Crippen molar-refractivity contribution in [1.82, 2.24) is 5.32 Å². The number of nitrogens with one attached hydrogen (secondary N) is 1.